The van der Waals surface area contributed by atoms with E-state index in [4.69, 9.17) is 9.15 Å². The van der Waals surface area contributed by atoms with E-state index in [1.54, 1.807) is 11.8 Å². The highest BCUT2D eigenvalue weighted by Crippen LogP contribution is 2.26. The van der Waals surface area contributed by atoms with Gasteiger partial charge in [0.2, 0.25) is 5.89 Å². The Morgan fingerprint density at radius 2 is 1.95 bits per heavy atom. The van der Waals surface area contributed by atoms with Crippen LogP contribution in [0.5, 0.6) is 0 Å². The number of ether oxygens (including phenoxy) is 1. The molecule has 1 aliphatic rings. The van der Waals surface area contributed by atoms with Gasteiger partial charge in [-0.05, 0) is 57.2 Å². The molecule has 2 atom stereocenters. The third kappa shape index (κ3) is 6.66. The molecule has 196 valence electrons. The first-order chi connectivity index (χ1) is 17.9. The summed E-state index contributed by atoms with van der Waals surface area (Å²) in [5.74, 6) is -0.238. The lowest BCUT2D eigenvalue weighted by atomic mass is 9.98. The van der Waals surface area contributed by atoms with Crippen LogP contribution in [0.25, 0.3) is 0 Å². The zero-order valence-electron chi connectivity index (χ0n) is 22.3. The number of oxazole rings is 1. The minimum atomic E-state index is -0.288. The van der Waals surface area contributed by atoms with E-state index < -0.39 is 0 Å². The highest BCUT2D eigenvalue weighted by atomic mass is 16.5. The lowest BCUT2D eigenvalue weighted by Gasteiger charge is -2.31. The maximum Gasteiger partial charge on any atom is 0.310 e. The Kier molecular flexibility index (Phi) is 8.77. The third-order valence-electron chi connectivity index (χ3n) is 7.15. The number of amides is 1. The van der Waals surface area contributed by atoms with Gasteiger partial charge in [-0.2, -0.15) is 0 Å². The minimum Gasteiger partial charge on any atom is -0.466 e. The molecule has 4 rings (SSSR count). The number of nitrogens with zero attached hydrogens (tertiary/aromatic N) is 3. The number of carbonyl (C=O) groups excluding carboxylic acids is 2. The molecule has 1 fully saturated rings. The molecule has 0 N–H and O–H groups in total. The fourth-order valence-electron chi connectivity index (χ4n) is 4.89. The zero-order chi connectivity index (χ0) is 26.4. The molecule has 1 saturated heterocycles. The van der Waals surface area contributed by atoms with Gasteiger partial charge in [0.25, 0.3) is 5.91 Å². The normalized spacial score (nSPS) is 16.6. The standard InChI is InChI=1S/C30H37N3O4/c1-5-36-30(35)25-12-9-15-32(17-25)29(34)27-20-37-28(31-27)19-33(23(4)24-10-7-6-8-11-24)18-26-16-21(2)13-14-22(26)3/h6-8,10-11,13-14,16,20,23,25H,5,9,12,15,17-19H2,1-4H3. The molecule has 37 heavy (non-hydrogen) atoms. The number of likely N-dealkylation sites (tertiary alicyclic amines) is 1. The van der Waals surface area contributed by atoms with Gasteiger partial charge < -0.3 is 14.1 Å². The summed E-state index contributed by atoms with van der Waals surface area (Å²) in [6.07, 6.45) is 2.93. The molecule has 7 nitrogen and oxygen atoms in total. The van der Waals surface area contributed by atoms with Crippen molar-refractivity contribution in [2.45, 2.75) is 59.7 Å². The number of aromatic nitrogens is 1. The Morgan fingerprint density at radius 1 is 1.16 bits per heavy atom. The van der Waals surface area contributed by atoms with Gasteiger partial charge >= 0.3 is 5.97 Å². The maximum absolute atomic E-state index is 13.2. The molecule has 0 radical (unpaired) electrons. The molecule has 7 heteroatoms. The molecule has 0 saturated carbocycles. The van der Waals surface area contributed by atoms with E-state index in [1.807, 2.05) is 18.2 Å². The number of hydrogen-bond donors (Lipinski definition) is 0. The van der Waals surface area contributed by atoms with Gasteiger partial charge in [0.15, 0.2) is 5.69 Å². The quantitative estimate of drug-likeness (QED) is 0.361. The molecule has 2 unspecified atom stereocenters. The van der Waals surface area contributed by atoms with Crippen molar-refractivity contribution in [2.24, 2.45) is 5.92 Å². The van der Waals surface area contributed by atoms with Crippen LogP contribution < -0.4 is 0 Å². The van der Waals surface area contributed by atoms with Gasteiger partial charge in [-0.15, -0.1) is 0 Å². The Bertz CT molecular complexity index is 1210. The number of esters is 1. The molecular formula is C30H37N3O4. The van der Waals surface area contributed by atoms with Crippen LogP contribution >= 0.6 is 0 Å². The van der Waals surface area contributed by atoms with E-state index in [-0.39, 0.29) is 29.5 Å². The van der Waals surface area contributed by atoms with Crippen molar-refractivity contribution in [3.63, 3.8) is 0 Å². The molecule has 1 aliphatic heterocycles. The van der Waals surface area contributed by atoms with E-state index in [1.165, 1.54) is 28.5 Å². The number of benzene rings is 2. The van der Waals surface area contributed by atoms with Gasteiger partial charge in [0, 0.05) is 25.7 Å². The predicted octanol–water partition coefficient (Wildman–Crippen LogP) is 5.47. The number of aryl methyl sites for hydroxylation is 2. The summed E-state index contributed by atoms with van der Waals surface area (Å²) >= 11 is 0. The van der Waals surface area contributed by atoms with E-state index in [2.05, 4.69) is 61.0 Å². The van der Waals surface area contributed by atoms with Gasteiger partial charge in [0.1, 0.15) is 6.26 Å². The topological polar surface area (TPSA) is 75.9 Å². The largest absolute Gasteiger partial charge is 0.466 e. The Balaban J connectivity index is 1.51. The highest BCUT2D eigenvalue weighted by Gasteiger charge is 2.31. The third-order valence-corrected chi connectivity index (χ3v) is 7.15. The number of carbonyl (C=O) groups is 2. The second-order valence-corrected chi connectivity index (χ2v) is 9.89. The van der Waals surface area contributed by atoms with Crippen molar-refractivity contribution >= 4 is 11.9 Å². The van der Waals surface area contributed by atoms with Crippen molar-refractivity contribution < 1.29 is 18.7 Å². The van der Waals surface area contributed by atoms with E-state index in [9.17, 15) is 9.59 Å². The van der Waals surface area contributed by atoms with Gasteiger partial charge in [0.05, 0.1) is 19.1 Å². The SMILES string of the molecule is CCOC(=O)C1CCCN(C(=O)c2coc(CN(Cc3cc(C)ccc3C)C(C)c3ccccc3)n2)C1. The first kappa shape index (κ1) is 26.6. The molecule has 2 heterocycles. The molecule has 3 aromatic rings. The summed E-state index contributed by atoms with van der Waals surface area (Å²) in [4.78, 5) is 34.0. The van der Waals surface area contributed by atoms with Gasteiger partial charge in [-0.3, -0.25) is 14.5 Å². The second kappa shape index (κ2) is 12.2. The summed E-state index contributed by atoms with van der Waals surface area (Å²) < 4.78 is 11.0. The summed E-state index contributed by atoms with van der Waals surface area (Å²) in [5, 5.41) is 0. The van der Waals surface area contributed by atoms with Gasteiger partial charge in [-0.1, -0.05) is 54.1 Å². The van der Waals surface area contributed by atoms with Crippen LogP contribution in [0.3, 0.4) is 0 Å². The van der Waals surface area contributed by atoms with E-state index in [0.29, 0.717) is 32.1 Å². The average Bonchev–Trinajstić information content (AvgIpc) is 3.38. The van der Waals surface area contributed by atoms with Gasteiger partial charge in [-0.25, -0.2) is 4.98 Å². The first-order valence-electron chi connectivity index (χ1n) is 13.1. The predicted molar refractivity (Wildman–Crippen MR) is 142 cm³/mol. The van der Waals surface area contributed by atoms with Crippen LogP contribution in [-0.4, -0.2) is 46.4 Å². The Labute approximate surface area is 219 Å². The summed E-state index contributed by atoms with van der Waals surface area (Å²) in [6, 6.07) is 17.0. The summed E-state index contributed by atoms with van der Waals surface area (Å²) in [5.41, 5.74) is 5.19. The van der Waals surface area contributed by atoms with Crippen molar-refractivity contribution in [3.05, 3.63) is 88.6 Å². The monoisotopic (exact) mass is 503 g/mol. The zero-order valence-corrected chi connectivity index (χ0v) is 22.3. The van der Waals surface area contributed by atoms with Crippen molar-refractivity contribution in [1.29, 1.82) is 0 Å². The van der Waals surface area contributed by atoms with Crippen LogP contribution in [-0.2, 0) is 22.6 Å². The fraction of sp³-hybridized carbons (Fsp3) is 0.433. The minimum absolute atomic E-state index is 0.111. The molecule has 2 aromatic carbocycles. The molecule has 0 aliphatic carbocycles. The van der Waals surface area contributed by atoms with Crippen LogP contribution in [0.15, 0.2) is 59.2 Å². The molecule has 1 aromatic heterocycles. The van der Waals surface area contributed by atoms with Crippen LogP contribution in [0, 0.1) is 19.8 Å². The second-order valence-electron chi connectivity index (χ2n) is 9.89. The lowest BCUT2D eigenvalue weighted by Crippen LogP contribution is -2.43. The lowest BCUT2D eigenvalue weighted by molar-refractivity contribution is -0.149. The number of rotatable bonds is 9. The number of hydrogen-bond acceptors (Lipinski definition) is 6. The summed E-state index contributed by atoms with van der Waals surface area (Å²) in [7, 11) is 0. The highest BCUT2D eigenvalue weighted by molar-refractivity contribution is 5.92. The molecule has 0 spiro atoms. The van der Waals surface area contributed by atoms with Crippen molar-refractivity contribution in [2.75, 3.05) is 19.7 Å². The average molecular weight is 504 g/mol. The van der Waals surface area contributed by atoms with Crippen LogP contribution in [0.4, 0.5) is 0 Å². The van der Waals surface area contributed by atoms with Crippen molar-refractivity contribution in [3.8, 4) is 0 Å². The molecular weight excluding hydrogens is 466 g/mol. The van der Waals surface area contributed by atoms with Crippen LogP contribution in [0.1, 0.15) is 71.4 Å². The molecule has 0 bridgehead atoms. The fourth-order valence-corrected chi connectivity index (χ4v) is 4.89. The van der Waals surface area contributed by atoms with Crippen LogP contribution in [0.2, 0.25) is 0 Å². The molecule has 1 amide bonds. The first-order valence-corrected chi connectivity index (χ1v) is 13.1. The Morgan fingerprint density at radius 3 is 2.70 bits per heavy atom. The summed E-state index contributed by atoms with van der Waals surface area (Å²) in [6.45, 7) is 10.7. The smallest absolute Gasteiger partial charge is 0.310 e. The van der Waals surface area contributed by atoms with Crippen molar-refractivity contribution in [1.82, 2.24) is 14.8 Å². The van der Waals surface area contributed by atoms with E-state index in [0.717, 1.165) is 19.4 Å². The maximum atomic E-state index is 13.2. The number of piperidine rings is 1. The van der Waals surface area contributed by atoms with E-state index >= 15 is 0 Å². The Hall–Kier alpha value is -3.45.